The van der Waals surface area contributed by atoms with E-state index in [2.05, 4.69) is 4.74 Å². The Labute approximate surface area is 87.4 Å². The van der Waals surface area contributed by atoms with E-state index in [1.165, 1.54) is 18.9 Å². The third kappa shape index (κ3) is 3.05. The highest BCUT2D eigenvalue weighted by Crippen LogP contribution is 2.26. The molecule has 1 rings (SSSR count). The summed E-state index contributed by atoms with van der Waals surface area (Å²) in [6, 6.07) is 7.40. The highest BCUT2D eigenvalue weighted by molar-refractivity contribution is 7.98. The molecule has 0 spiro atoms. The van der Waals surface area contributed by atoms with E-state index in [9.17, 15) is 4.79 Å². The van der Waals surface area contributed by atoms with Crippen LogP contribution in [0.4, 0.5) is 0 Å². The zero-order valence-corrected chi connectivity index (χ0v) is 8.97. The molecule has 0 saturated carbocycles. The molecule has 76 valence electrons. The number of rotatable bonds is 4. The summed E-state index contributed by atoms with van der Waals surface area (Å²) in [6.07, 6.45) is 1.93. The van der Waals surface area contributed by atoms with E-state index in [4.69, 9.17) is 4.74 Å². The first-order valence-corrected chi connectivity index (χ1v) is 5.33. The van der Waals surface area contributed by atoms with Crippen molar-refractivity contribution in [2.24, 2.45) is 0 Å². The molecule has 0 amide bonds. The van der Waals surface area contributed by atoms with Crippen LogP contribution < -0.4 is 4.74 Å². The fraction of sp³-hybridized carbons (Fsp3) is 0.300. The van der Waals surface area contributed by atoms with Gasteiger partial charge < -0.3 is 9.47 Å². The Kier molecular flexibility index (Phi) is 4.49. The number of benzene rings is 1. The molecule has 0 fully saturated rings. The van der Waals surface area contributed by atoms with E-state index in [0.717, 1.165) is 4.90 Å². The molecule has 0 aromatic heterocycles. The Morgan fingerprint density at radius 3 is 2.79 bits per heavy atom. The normalized spacial score (nSPS) is 9.86. The van der Waals surface area contributed by atoms with E-state index < -0.39 is 0 Å². The minimum Gasteiger partial charge on any atom is -0.424 e. The van der Waals surface area contributed by atoms with Crippen LogP contribution in [0, 0.1) is 0 Å². The summed E-state index contributed by atoms with van der Waals surface area (Å²) in [4.78, 5) is 12.1. The molecular formula is C10H12O3S. The van der Waals surface area contributed by atoms with Crippen LogP contribution in [0.25, 0.3) is 0 Å². The minimum absolute atomic E-state index is 0.0251. The van der Waals surface area contributed by atoms with Crippen molar-refractivity contribution in [1.82, 2.24) is 0 Å². The van der Waals surface area contributed by atoms with Gasteiger partial charge in [0.05, 0.1) is 0 Å². The lowest BCUT2D eigenvalue weighted by Crippen LogP contribution is -2.14. The molecule has 14 heavy (non-hydrogen) atoms. The topological polar surface area (TPSA) is 35.5 Å². The largest absolute Gasteiger partial charge is 0.424 e. The van der Waals surface area contributed by atoms with Gasteiger partial charge in [0.2, 0.25) is 0 Å². The molecule has 0 atom stereocenters. The third-order valence-electron chi connectivity index (χ3n) is 1.56. The van der Waals surface area contributed by atoms with Gasteiger partial charge in [0.15, 0.2) is 0 Å². The van der Waals surface area contributed by atoms with Crippen molar-refractivity contribution < 1.29 is 14.3 Å². The van der Waals surface area contributed by atoms with Gasteiger partial charge in [-0.15, -0.1) is 11.8 Å². The number of carbonyl (C=O) groups is 1. The molecule has 0 unspecified atom stereocenters. The van der Waals surface area contributed by atoms with Crippen LogP contribution >= 0.6 is 11.8 Å². The first kappa shape index (κ1) is 11.1. The van der Waals surface area contributed by atoms with Crippen molar-refractivity contribution in [3.05, 3.63) is 24.3 Å². The van der Waals surface area contributed by atoms with Crippen LogP contribution in [0.2, 0.25) is 0 Å². The second kappa shape index (κ2) is 5.67. The average molecular weight is 212 g/mol. The molecular weight excluding hydrogens is 200 g/mol. The monoisotopic (exact) mass is 212 g/mol. The predicted octanol–water partition coefficient (Wildman–Crippen LogP) is 1.96. The number of ether oxygens (including phenoxy) is 2. The zero-order chi connectivity index (χ0) is 10.4. The molecule has 0 saturated heterocycles. The second-order valence-corrected chi connectivity index (χ2v) is 3.41. The summed E-state index contributed by atoms with van der Waals surface area (Å²) >= 11 is 1.54. The van der Waals surface area contributed by atoms with Crippen molar-refractivity contribution in [2.45, 2.75) is 4.90 Å². The number of hydrogen-bond donors (Lipinski definition) is 0. The number of thioether (sulfide) groups is 1. The Balaban J connectivity index is 2.70. The summed E-state index contributed by atoms with van der Waals surface area (Å²) in [7, 11) is 1.46. The molecule has 0 aliphatic carbocycles. The van der Waals surface area contributed by atoms with Gasteiger partial charge in [-0.1, -0.05) is 12.1 Å². The van der Waals surface area contributed by atoms with Crippen LogP contribution in [-0.2, 0) is 9.53 Å². The highest BCUT2D eigenvalue weighted by Gasteiger charge is 2.07. The molecule has 4 heteroatoms. The van der Waals surface area contributed by atoms with Crippen LogP contribution in [0.15, 0.2) is 29.2 Å². The quantitative estimate of drug-likeness (QED) is 0.434. The molecule has 0 heterocycles. The van der Waals surface area contributed by atoms with E-state index >= 15 is 0 Å². The van der Waals surface area contributed by atoms with Crippen molar-refractivity contribution in [2.75, 3.05) is 20.0 Å². The summed E-state index contributed by atoms with van der Waals surface area (Å²) in [5, 5.41) is 0. The lowest BCUT2D eigenvalue weighted by molar-refractivity contribution is -0.138. The molecule has 0 radical (unpaired) electrons. The fourth-order valence-corrected chi connectivity index (χ4v) is 1.50. The van der Waals surface area contributed by atoms with E-state index in [0.29, 0.717) is 5.75 Å². The standard InChI is InChI=1S/C10H12O3S/c1-12-7-10(11)13-8-5-3-4-6-9(8)14-2/h3-6H,7H2,1-2H3. The van der Waals surface area contributed by atoms with Crippen LogP contribution in [0.1, 0.15) is 0 Å². The maximum absolute atomic E-state index is 11.1. The van der Waals surface area contributed by atoms with Gasteiger partial charge in [-0.25, -0.2) is 4.79 Å². The Morgan fingerprint density at radius 1 is 1.43 bits per heavy atom. The molecule has 1 aromatic rings. The summed E-state index contributed by atoms with van der Waals surface area (Å²) < 4.78 is 9.76. The SMILES string of the molecule is COCC(=O)Oc1ccccc1SC. The van der Waals surface area contributed by atoms with Crippen molar-refractivity contribution >= 4 is 17.7 Å². The zero-order valence-electron chi connectivity index (χ0n) is 8.15. The van der Waals surface area contributed by atoms with Crippen molar-refractivity contribution in [1.29, 1.82) is 0 Å². The number of hydrogen-bond acceptors (Lipinski definition) is 4. The lowest BCUT2D eigenvalue weighted by Gasteiger charge is -2.06. The van der Waals surface area contributed by atoms with Gasteiger partial charge in [0, 0.05) is 12.0 Å². The van der Waals surface area contributed by atoms with Gasteiger partial charge in [-0.2, -0.15) is 0 Å². The van der Waals surface area contributed by atoms with Gasteiger partial charge in [0.25, 0.3) is 0 Å². The van der Waals surface area contributed by atoms with E-state index in [1.807, 2.05) is 24.5 Å². The second-order valence-electron chi connectivity index (χ2n) is 2.56. The number of para-hydroxylation sites is 1. The Morgan fingerprint density at radius 2 is 2.14 bits per heavy atom. The first-order chi connectivity index (χ1) is 6.77. The Bertz CT molecular complexity index is 312. The number of methoxy groups -OCH3 is 1. The van der Waals surface area contributed by atoms with Gasteiger partial charge in [0.1, 0.15) is 12.4 Å². The van der Waals surface area contributed by atoms with E-state index in [-0.39, 0.29) is 12.6 Å². The molecule has 3 nitrogen and oxygen atoms in total. The van der Waals surface area contributed by atoms with Crippen molar-refractivity contribution in [3.8, 4) is 5.75 Å². The molecule has 0 aliphatic heterocycles. The van der Waals surface area contributed by atoms with Crippen LogP contribution in [-0.4, -0.2) is 25.9 Å². The van der Waals surface area contributed by atoms with Crippen LogP contribution in [0.5, 0.6) is 5.75 Å². The summed E-state index contributed by atoms with van der Waals surface area (Å²) in [5.74, 6) is 0.205. The first-order valence-electron chi connectivity index (χ1n) is 4.10. The predicted molar refractivity (Wildman–Crippen MR) is 55.7 cm³/mol. The number of esters is 1. The molecule has 0 N–H and O–H groups in total. The smallest absolute Gasteiger partial charge is 0.337 e. The summed E-state index contributed by atoms with van der Waals surface area (Å²) in [5.41, 5.74) is 0. The van der Waals surface area contributed by atoms with Gasteiger partial charge >= 0.3 is 5.97 Å². The maximum Gasteiger partial charge on any atom is 0.337 e. The fourth-order valence-electron chi connectivity index (χ4n) is 0.973. The van der Waals surface area contributed by atoms with E-state index in [1.54, 1.807) is 6.07 Å². The van der Waals surface area contributed by atoms with Gasteiger partial charge in [-0.3, -0.25) is 0 Å². The van der Waals surface area contributed by atoms with Gasteiger partial charge in [-0.05, 0) is 18.4 Å². The Hall–Kier alpha value is -1.00. The minimum atomic E-state index is -0.381. The molecule has 1 aromatic carbocycles. The van der Waals surface area contributed by atoms with Crippen molar-refractivity contribution in [3.63, 3.8) is 0 Å². The molecule has 0 bridgehead atoms. The lowest BCUT2D eigenvalue weighted by atomic mass is 10.3. The maximum atomic E-state index is 11.1. The third-order valence-corrected chi connectivity index (χ3v) is 2.33. The highest BCUT2D eigenvalue weighted by atomic mass is 32.2. The molecule has 0 aliphatic rings. The summed E-state index contributed by atoms with van der Waals surface area (Å²) in [6.45, 7) is -0.0251. The number of carbonyl (C=O) groups excluding carboxylic acids is 1. The van der Waals surface area contributed by atoms with Crippen LogP contribution in [0.3, 0.4) is 0 Å². The average Bonchev–Trinajstić information content (AvgIpc) is 2.19.